The molecule has 2 aromatic heterocycles. The largest absolute Gasteiger partial charge is 0.497 e. The Labute approximate surface area is 764 Å². The van der Waals surface area contributed by atoms with Crippen LogP contribution in [0.1, 0.15) is 85.9 Å². The fraction of sp³-hybridized carbons (Fsp3) is 0.175. The normalized spacial score (nSPS) is 19.3. The minimum atomic E-state index is -4.52. The van der Waals surface area contributed by atoms with Gasteiger partial charge in [0.25, 0.3) is 47.3 Å². The van der Waals surface area contributed by atoms with E-state index >= 15 is 0 Å². The van der Waals surface area contributed by atoms with Crippen molar-refractivity contribution in [2.24, 2.45) is 0 Å². The molecule has 0 aliphatic carbocycles. The first-order chi connectivity index (χ1) is 64.4. The van der Waals surface area contributed by atoms with Gasteiger partial charge < -0.3 is 59.8 Å². The lowest BCUT2D eigenvalue weighted by molar-refractivity contribution is -0.153. The zero-order valence-corrected chi connectivity index (χ0v) is 71.9. The van der Waals surface area contributed by atoms with Crippen LogP contribution in [0.2, 0.25) is 5.02 Å². The van der Waals surface area contributed by atoms with Gasteiger partial charge in [-0.05, 0) is 146 Å². The van der Waals surface area contributed by atoms with Gasteiger partial charge in [-0.15, -0.1) is 0 Å². The van der Waals surface area contributed by atoms with Crippen LogP contribution in [0.4, 0.5) is 36.7 Å². The van der Waals surface area contributed by atoms with Gasteiger partial charge in [0.05, 0.1) is 71.3 Å². The maximum Gasteiger partial charge on any atom is 0.422 e. The fourth-order valence-electron chi connectivity index (χ4n) is 17.2. The summed E-state index contributed by atoms with van der Waals surface area (Å²) < 4.78 is 71.6. The van der Waals surface area contributed by atoms with E-state index in [1.165, 1.54) is 47.2 Å². The summed E-state index contributed by atoms with van der Waals surface area (Å²) in [4.78, 5) is 175. The summed E-state index contributed by atoms with van der Waals surface area (Å²) >= 11 is 5.98. The molecule has 0 radical (unpaired) electrons. The number of rotatable bonds is 21. The molecule has 10 aromatic carbocycles. The van der Waals surface area contributed by atoms with E-state index < -0.39 is 88.6 Å². The number of amides is 16. The molecule has 8 aliphatic rings. The zero-order chi connectivity index (χ0) is 94.1. The van der Waals surface area contributed by atoms with Crippen molar-refractivity contribution in [2.75, 3.05) is 54.1 Å². The molecule has 10 heterocycles. The number of nitrogens with zero attached hydrogens (tertiary/aromatic N) is 8. The Morgan fingerprint density at radius 3 is 1.01 bits per heavy atom. The van der Waals surface area contributed by atoms with E-state index in [-0.39, 0.29) is 67.6 Å². The Kier molecular flexibility index (Phi) is 24.1. The number of hydrogen-bond donors (Lipinski definition) is 8. The van der Waals surface area contributed by atoms with Crippen LogP contribution in [-0.4, -0.2) is 171 Å². The maximum atomic E-state index is 13.6. The summed E-state index contributed by atoms with van der Waals surface area (Å²) in [7, 11) is 4.63. The number of ether oxygens (including phenoxy) is 4. The van der Waals surface area contributed by atoms with Gasteiger partial charge in [0.2, 0.25) is 0 Å². The average molecular weight is 1830 g/mol. The second-order valence-corrected chi connectivity index (χ2v) is 32.6. The number of methoxy groups -OCH3 is 3. The Bertz CT molecular complexity index is 6760. The van der Waals surface area contributed by atoms with Crippen molar-refractivity contribution in [1.29, 1.82) is 0 Å². The maximum absolute atomic E-state index is 13.6. The van der Waals surface area contributed by atoms with Crippen LogP contribution in [-0.2, 0) is 67.5 Å². The second kappa shape index (κ2) is 36.3. The highest BCUT2D eigenvalue weighted by Crippen LogP contribution is 2.41. The number of hydrogen-bond acceptors (Lipinski definition) is 20. The molecule has 37 heteroatoms. The zero-order valence-electron chi connectivity index (χ0n) is 71.1. The molecule has 0 spiro atoms. The van der Waals surface area contributed by atoms with E-state index in [0.29, 0.717) is 103 Å². The third kappa shape index (κ3) is 17.7. The van der Waals surface area contributed by atoms with Crippen molar-refractivity contribution < 1.29 is 94.0 Å². The van der Waals surface area contributed by atoms with E-state index in [9.17, 15) is 75.1 Å². The molecule has 676 valence electrons. The Morgan fingerprint density at radius 1 is 0.351 bits per heavy atom. The monoisotopic (exact) mass is 1830 g/mol. The van der Waals surface area contributed by atoms with Gasteiger partial charge in [-0.3, -0.25) is 79.6 Å². The molecule has 0 saturated carbocycles. The number of benzene rings is 10. The molecule has 0 unspecified atom stereocenters. The first kappa shape index (κ1) is 89.2. The van der Waals surface area contributed by atoms with Gasteiger partial charge in [0.1, 0.15) is 28.8 Å². The smallest absolute Gasteiger partial charge is 0.422 e. The lowest BCUT2D eigenvalue weighted by atomic mass is 9.88. The molecule has 4 fully saturated rings. The number of urea groups is 4. The molecular weight excluding hydrogens is 1760 g/mol. The highest BCUT2D eigenvalue weighted by molar-refractivity contribution is 6.30. The van der Waals surface area contributed by atoms with Crippen LogP contribution in [0.3, 0.4) is 0 Å². The number of fused-ring (bicyclic) bond motifs is 4. The molecule has 16 amide bonds. The third-order valence-corrected chi connectivity index (χ3v) is 24.2. The predicted octanol–water partition coefficient (Wildman–Crippen LogP) is 11.5. The quantitative estimate of drug-likeness (QED) is 0.0245. The van der Waals surface area contributed by atoms with E-state index in [4.69, 9.17) is 30.5 Å². The van der Waals surface area contributed by atoms with Gasteiger partial charge in [0, 0.05) is 89.4 Å². The van der Waals surface area contributed by atoms with Gasteiger partial charge >= 0.3 is 30.3 Å². The summed E-state index contributed by atoms with van der Waals surface area (Å²) in [5.41, 5.74) is 7.35. The second-order valence-electron chi connectivity index (χ2n) is 32.2. The van der Waals surface area contributed by atoms with Crippen LogP contribution in [0.5, 0.6) is 23.0 Å². The summed E-state index contributed by atoms with van der Waals surface area (Å²) in [5.74, 6) is -1.94. The van der Waals surface area contributed by atoms with Crippen molar-refractivity contribution in [3.63, 3.8) is 0 Å². The van der Waals surface area contributed by atoms with Gasteiger partial charge in [-0.1, -0.05) is 151 Å². The number of halogens is 5. The molecule has 4 saturated heterocycles. The third-order valence-electron chi connectivity index (χ3n) is 24.0. The van der Waals surface area contributed by atoms with Gasteiger partial charge in [-0.25, -0.2) is 23.6 Å². The van der Waals surface area contributed by atoms with E-state index in [2.05, 4.69) is 62.5 Å². The molecular formula is C97H77ClF4N16O16. The van der Waals surface area contributed by atoms with Crippen molar-refractivity contribution in [1.82, 2.24) is 82.1 Å². The molecule has 0 bridgehead atoms. The Balaban J connectivity index is 0.000000124. The van der Waals surface area contributed by atoms with Crippen LogP contribution >= 0.6 is 11.6 Å². The minimum Gasteiger partial charge on any atom is -0.497 e. The van der Waals surface area contributed by atoms with Gasteiger partial charge in [0.15, 0.2) is 28.8 Å². The van der Waals surface area contributed by atoms with Gasteiger partial charge in [-0.2, -0.15) is 13.2 Å². The van der Waals surface area contributed by atoms with Crippen LogP contribution in [0.25, 0.3) is 44.8 Å². The molecule has 134 heavy (non-hydrogen) atoms. The predicted molar refractivity (Wildman–Crippen MR) is 473 cm³/mol. The first-order valence-electron chi connectivity index (χ1n) is 41.5. The van der Waals surface area contributed by atoms with Crippen LogP contribution < -0.4 is 61.5 Å². The SMILES string of the molecule is COc1ccc2c(c1)C(=O)N(C[C@@]1(c3ccc(-c4ccc(Cl)cc4)cc3)NC(=O)NC1=O)C2.COc1ccc2c(c1)C(=O)N(C[C@@]1(c3ccc(-c4cccc(F)c4)cc3)NC(=O)NC1=O)C2.COc1ccc2c(c1)CN(C[C@@]1(c3ccc(-c4cnccn4)cc3)NC(=O)NC1=O)C2=O.O=C1NC(=O)[C@](CN2Cc3ccc(OCC(F)(F)F)cc3C2=O)(c2ccc(-c3cnccn3)cc2)N1. The minimum absolute atomic E-state index is 0.000688. The summed E-state index contributed by atoms with van der Waals surface area (Å²) in [5, 5.41) is 20.7. The Hall–Kier alpha value is -16.8. The number of alkyl halides is 3. The van der Waals surface area contributed by atoms with Crippen LogP contribution in [0.15, 0.2) is 256 Å². The number of carbonyl (C=O) groups is 12. The number of carbonyl (C=O) groups excluding carboxylic acids is 12. The van der Waals surface area contributed by atoms with Crippen molar-refractivity contribution in [3.8, 4) is 67.8 Å². The van der Waals surface area contributed by atoms with Crippen molar-refractivity contribution in [3.05, 3.63) is 333 Å². The standard InChI is InChI=1S/C25H20ClN3O4.C25H20FN3O4.C24H18F3N5O4.C23H19N5O4/c1-33-20-11-6-17-13-29(22(30)21(17)12-20)14-25(23(31)27-24(32)28-25)18-7-2-15(3-8-18)16-4-9-19(26)10-5-16;1-33-20-10-7-17-13-29(22(30)21(17)12-20)14-25(23(31)27-24(32)28-25)18-8-5-15(6-9-18)16-3-2-4-19(26)11-16;25-24(26,27)13-36-17-6-3-15-11-32(20(33)18(15)9-17)12-23(21(34)30-22(35)31-23)16-4-1-14(2-5-16)19-10-28-7-8-29-19;1-32-17-6-7-18-15(10-17)12-28(20(18)29)13-23(21(30)26-22(31)27-23)16-4-2-14(3-5-16)19-11-24-8-9-25-19/h2*2-12H,13-14H2,1H3,(H2,27,28,31,32);1-10H,11-13H2,(H2,30,31,34,35);2-11H,12-13H2,1H3,(H2,26,27,30,31)/t2*25-;2*23-/m0000/s1. The number of nitrogens with one attached hydrogen (secondary N) is 8. The first-order valence-corrected chi connectivity index (χ1v) is 41.8. The highest BCUT2D eigenvalue weighted by atomic mass is 35.5. The van der Waals surface area contributed by atoms with E-state index in [1.807, 2.05) is 66.7 Å². The average Bonchev–Trinajstić information content (AvgIpc) is 1.66. The molecule has 32 nitrogen and oxygen atoms in total. The molecule has 12 aromatic rings. The summed E-state index contributed by atoms with van der Waals surface area (Å²) in [6.45, 7) is -0.656. The van der Waals surface area contributed by atoms with E-state index in [0.717, 1.165) is 44.5 Å². The molecule has 8 aliphatic heterocycles. The number of imide groups is 4. The topological polar surface area (TPSA) is 403 Å². The van der Waals surface area contributed by atoms with Crippen LogP contribution in [0, 0.1) is 5.82 Å². The fourth-order valence-corrected chi connectivity index (χ4v) is 17.3. The molecule has 8 N–H and O–H groups in total. The summed E-state index contributed by atoms with van der Waals surface area (Å²) in [6.07, 6.45) is 4.99. The van der Waals surface area contributed by atoms with Crippen molar-refractivity contribution >= 4 is 83.0 Å². The molecule has 4 atom stereocenters. The lowest BCUT2D eigenvalue weighted by Gasteiger charge is -2.31. The Morgan fingerprint density at radius 2 is 0.672 bits per heavy atom. The summed E-state index contributed by atoms with van der Waals surface area (Å²) in [6, 6.07) is 59.3. The van der Waals surface area contributed by atoms with E-state index in [1.54, 1.807) is 183 Å². The van der Waals surface area contributed by atoms with Crippen molar-refractivity contribution in [2.45, 2.75) is 54.5 Å². The lowest BCUT2D eigenvalue weighted by Crippen LogP contribution is -2.52. The molecule has 20 rings (SSSR count). The highest BCUT2D eigenvalue weighted by Gasteiger charge is 2.55. The number of aromatic nitrogens is 4.